The molecule has 0 saturated carbocycles. The second kappa shape index (κ2) is 10.2. The molecule has 0 saturated heterocycles. The van der Waals surface area contributed by atoms with E-state index >= 15 is 0 Å². The number of hydrogen-bond acceptors (Lipinski definition) is 4. The molecule has 1 unspecified atom stereocenters. The Labute approximate surface area is 133 Å². The monoisotopic (exact) mass is 308 g/mol. The summed E-state index contributed by atoms with van der Waals surface area (Å²) in [5, 5.41) is 3.10. The van der Waals surface area contributed by atoms with Gasteiger partial charge in [-0.05, 0) is 38.0 Å². The first-order valence-corrected chi connectivity index (χ1v) is 7.74. The number of carbonyl (C=O) groups excluding carboxylic acids is 1. The predicted molar refractivity (Wildman–Crippen MR) is 88.3 cm³/mol. The van der Waals surface area contributed by atoms with E-state index in [1.165, 1.54) is 5.56 Å². The minimum atomic E-state index is 0.125. The first-order chi connectivity index (χ1) is 10.6. The quantitative estimate of drug-likeness (QED) is 0.669. The molecule has 0 spiro atoms. The van der Waals surface area contributed by atoms with E-state index in [9.17, 15) is 4.79 Å². The van der Waals surface area contributed by atoms with Crippen molar-refractivity contribution in [2.45, 2.75) is 26.3 Å². The van der Waals surface area contributed by atoms with Gasteiger partial charge in [0.15, 0.2) is 0 Å². The Morgan fingerprint density at radius 2 is 1.95 bits per heavy atom. The number of nitrogens with one attached hydrogen (secondary N) is 1. The Hall–Kier alpha value is -1.59. The maximum Gasteiger partial charge on any atom is 0.236 e. The summed E-state index contributed by atoms with van der Waals surface area (Å²) in [7, 11) is 3.31. The molecule has 0 aliphatic rings. The van der Waals surface area contributed by atoms with Crippen molar-refractivity contribution >= 4 is 5.91 Å². The summed E-state index contributed by atoms with van der Waals surface area (Å²) in [6, 6.07) is 8.16. The number of amides is 1. The minimum Gasteiger partial charge on any atom is -0.497 e. The van der Waals surface area contributed by atoms with Crippen LogP contribution in [0.1, 0.15) is 19.4 Å². The third-order valence-corrected chi connectivity index (χ3v) is 3.64. The zero-order valence-electron chi connectivity index (χ0n) is 14.1. The average molecular weight is 308 g/mol. The highest BCUT2D eigenvalue weighted by atomic mass is 16.5. The van der Waals surface area contributed by atoms with E-state index in [0.29, 0.717) is 26.2 Å². The van der Waals surface area contributed by atoms with E-state index in [1.807, 2.05) is 36.1 Å². The third kappa shape index (κ3) is 6.03. The van der Waals surface area contributed by atoms with Gasteiger partial charge in [-0.2, -0.15) is 0 Å². The third-order valence-electron chi connectivity index (χ3n) is 3.64. The summed E-state index contributed by atoms with van der Waals surface area (Å²) in [6.45, 7) is 6.46. The van der Waals surface area contributed by atoms with Crippen molar-refractivity contribution in [2.75, 3.05) is 40.5 Å². The molecule has 1 amide bonds. The fraction of sp³-hybridized carbons (Fsp3) is 0.588. The second-order valence-corrected chi connectivity index (χ2v) is 5.25. The highest BCUT2D eigenvalue weighted by molar-refractivity contribution is 5.78. The maximum atomic E-state index is 12.3. The molecule has 5 nitrogen and oxygen atoms in total. The summed E-state index contributed by atoms with van der Waals surface area (Å²) in [6.07, 6.45) is 0.835. The second-order valence-electron chi connectivity index (χ2n) is 5.25. The lowest BCUT2D eigenvalue weighted by Crippen LogP contribution is -2.44. The van der Waals surface area contributed by atoms with Crippen LogP contribution in [0.2, 0.25) is 0 Å². The van der Waals surface area contributed by atoms with E-state index in [0.717, 1.165) is 12.2 Å². The molecular formula is C17H28N2O3. The fourth-order valence-electron chi connectivity index (χ4n) is 2.42. The number of nitrogens with zero attached hydrogens (tertiary/aromatic N) is 1. The fourth-order valence-corrected chi connectivity index (χ4v) is 2.42. The van der Waals surface area contributed by atoms with Crippen molar-refractivity contribution in [3.63, 3.8) is 0 Å². The number of rotatable bonds is 10. The largest absolute Gasteiger partial charge is 0.497 e. The summed E-state index contributed by atoms with van der Waals surface area (Å²) < 4.78 is 10.1. The van der Waals surface area contributed by atoms with Gasteiger partial charge in [-0.15, -0.1) is 0 Å². The van der Waals surface area contributed by atoms with Gasteiger partial charge in [-0.25, -0.2) is 0 Å². The molecular weight excluding hydrogens is 280 g/mol. The zero-order chi connectivity index (χ0) is 16.4. The average Bonchev–Trinajstić information content (AvgIpc) is 2.53. The highest BCUT2D eigenvalue weighted by Crippen LogP contribution is 2.14. The summed E-state index contributed by atoms with van der Waals surface area (Å²) >= 11 is 0. The Bertz CT molecular complexity index is 434. The molecule has 0 heterocycles. The molecule has 0 aliphatic heterocycles. The van der Waals surface area contributed by atoms with Crippen LogP contribution >= 0.6 is 0 Å². The van der Waals surface area contributed by atoms with Gasteiger partial charge in [0.05, 0.1) is 20.3 Å². The molecule has 1 atom stereocenters. The molecule has 1 aromatic rings. The number of carbonyl (C=O) groups is 1. The molecule has 0 fully saturated rings. The van der Waals surface area contributed by atoms with Gasteiger partial charge in [0.25, 0.3) is 0 Å². The van der Waals surface area contributed by atoms with Crippen LogP contribution in [-0.2, 0) is 16.0 Å². The Morgan fingerprint density at radius 1 is 1.27 bits per heavy atom. The molecule has 1 N–H and O–H groups in total. The molecule has 0 radical (unpaired) electrons. The van der Waals surface area contributed by atoms with Crippen LogP contribution in [0.3, 0.4) is 0 Å². The van der Waals surface area contributed by atoms with E-state index < -0.39 is 0 Å². The molecule has 0 bridgehead atoms. The van der Waals surface area contributed by atoms with Crippen molar-refractivity contribution in [1.82, 2.24) is 10.2 Å². The lowest BCUT2D eigenvalue weighted by Gasteiger charge is -2.28. The van der Waals surface area contributed by atoms with Gasteiger partial charge in [-0.3, -0.25) is 4.79 Å². The molecule has 0 aliphatic carbocycles. The van der Waals surface area contributed by atoms with Crippen LogP contribution < -0.4 is 10.1 Å². The predicted octanol–water partition coefficient (Wildman–Crippen LogP) is 1.71. The van der Waals surface area contributed by atoms with Crippen LogP contribution in [0.15, 0.2) is 24.3 Å². The summed E-state index contributed by atoms with van der Waals surface area (Å²) in [4.78, 5) is 14.2. The lowest BCUT2D eigenvalue weighted by molar-refractivity contribution is -0.132. The van der Waals surface area contributed by atoms with Gasteiger partial charge in [-0.1, -0.05) is 12.1 Å². The van der Waals surface area contributed by atoms with E-state index in [4.69, 9.17) is 9.47 Å². The van der Waals surface area contributed by atoms with Gasteiger partial charge >= 0.3 is 0 Å². The molecule has 1 aromatic carbocycles. The standard InChI is InChI=1S/C17H28N2O3/c1-5-19(17(20)13-18-10-11-21-3)14(2)12-15-6-8-16(22-4)9-7-15/h6-9,14,18H,5,10-13H2,1-4H3. The maximum absolute atomic E-state index is 12.3. The van der Waals surface area contributed by atoms with Gasteiger partial charge in [0.2, 0.25) is 5.91 Å². The SMILES string of the molecule is CCN(C(=O)CNCCOC)C(C)Cc1ccc(OC)cc1. The first kappa shape index (κ1) is 18.5. The van der Waals surface area contributed by atoms with Crippen LogP contribution in [0.25, 0.3) is 0 Å². The van der Waals surface area contributed by atoms with Gasteiger partial charge in [0, 0.05) is 26.2 Å². The summed E-state index contributed by atoms with van der Waals surface area (Å²) in [5.74, 6) is 0.974. The van der Waals surface area contributed by atoms with E-state index in [1.54, 1.807) is 14.2 Å². The molecule has 5 heteroatoms. The van der Waals surface area contributed by atoms with E-state index in [2.05, 4.69) is 12.2 Å². The van der Waals surface area contributed by atoms with E-state index in [-0.39, 0.29) is 11.9 Å². The van der Waals surface area contributed by atoms with Crippen molar-refractivity contribution in [1.29, 1.82) is 0 Å². The lowest BCUT2D eigenvalue weighted by atomic mass is 10.1. The smallest absolute Gasteiger partial charge is 0.236 e. The highest BCUT2D eigenvalue weighted by Gasteiger charge is 2.18. The van der Waals surface area contributed by atoms with Crippen molar-refractivity contribution in [3.05, 3.63) is 29.8 Å². The first-order valence-electron chi connectivity index (χ1n) is 7.74. The van der Waals surface area contributed by atoms with Gasteiger partial charge in [0.1, 0.15) is 5.75 Å². The van der Waals surface area contributed by atoms with Gasteiger partial charge < -0.3 is 19.7 Å². The van der Waals surface area contributed by atoms with Crippen LogP contribution in [0, 0.1) is 0 Å². The molecule has 22 heavy (non-hydrogen) atoms. The minimum absolute atomic E-state index is 0.125. The van der Waals surface area contributed by atoms with Crippen molar-refractivity contribution < 1.29 is 14.3 Å². The Kier molecular flexibility index (Phi) is 8.55. The molecule has 1 rings (SSSR count). The van der Waals surface area contributed by atoms with Crippen LogP contribution in [-0.4, -0.2) is 57.3 Å². The number of ether oxygens (including phenoxy) is 2. The zero-order valence-corrected chi connectivity index (χ0v) is 14.1. The Balaban J connectivity index is 2.51. The normalized spacial score (nSPS) is 12.0. The van der Waals surface area contributed by atoms with Crippen LogP contribution in [0.5, 0.6) is 5.75 Å². The number of benzene rings is 1. The van der Waals surface area contributed by atoms with Crippen LogP contribution in [0.4, 0.5) is 0 Å². The number of hydrogen-bond donors (Lipinski definition) is 1. The molecule has 0 aromatic heterocycles. The van der Waals surface area contributed by atoms with Crippen molar-refractivity contribution in [3.8, 4) is 5.75 Å². The topological polar surface area (TPSA) is 50.8 Å². The summed E-state index contributed by atoms with van der Waals surface area (Å²) in [5.41, 5.74) is 1.20. The number of likely N-dealkylation sites (N-methyl/N-ethyl adjacent to an activating group) is 1. The van der Waals surface area contributed by atoms with Crippen molar-refractivity contribution in [2.24, 2.45) is 0 Å². The Morgan fingerprint density at radius 3 is 2.50 bits per heavy atom. The molecule has 124 valence electrons. The number of methoxy groups -OCH3 is 2.